The molecule has 0 saturated heterocycles. The number of fused-ring (bicyclic) bond motifs is 4. The van der Waals surface area contributed by atoms with Crippen LogP contribution in [0.15, 0.2) is 176 Å². The summed E-state index contributed by atoms with van der Waals surface area (Å²) in [6.45, 7) is 16.6. The van der Waals surface area contributed by atoms with E-state index in [0.29, 0.717) is 0 Å². The molecule has 0 amide bonds. The van der Waals surface area contributed by atoms with Gasteiger partial charge >= 0.3 is 0 Å². The molecule has 0 atom stereocenters. The summed E-state index contributed by atoms with van der Waals surface area (Å²) in [5.74, 6) is 0.879. The second-order valence-electron chi connectivity index (χ2n) is 18.3. The molecule has 0 fully saturated rings. The number of hydrogen-bond donors (Lipinski definition) is 0. The number of nitrogens with zero attached hydrogens (tertiary/aromatic N) is 5. The molecule has 10 rings (SSSR count). The van der Waals surface area contributed by atoms with E-state index in [4.69, 9.17) is 4.98 Å². The Balaban J connectivity index is 0.00000504. The fraction of sp³-hybridized carbons (Fsp3) is 0.158. The fourth-order valence-corrected chi connectivity index (χ4v) is 8.62. The largest absolute Gasteiger partial charge is 0.498 e. The summed E-state index contributed by atoms with van der Waals surface area (Å²) >= 11 is 0. The van der Waals surface area contributed by atoms with Crippen LogP contribution in [-0.4, -0.2) is 9.55 Å². The van der Waals surface area contributed by atoms with Crippen molar-refractivity contribution in [3.63, 3.8) is 0 Å². The Labute approximate surface area is 386 Å². The van der Waals surface area contributed by atoms with E-state index in [9.17, 15) is 0 Å². The van der Waals surface area contributed by atoms with Crippen molar-refractivity contribution in [2.75, 3.05) is 14.7 Å². The summed E-state index contributed by atoms with van der Waals surface area (Å²) in [6, 6.07) is 68.7. The number of para-hydroxylation sites is 3. The van der Waals surface area contributed by atoms with E-state index in [1.807, 2.05) is 6.20 Å². The molecule has 0 N–H and O–H groups in total. The molecule has 0 spiro atoms. The van der Waals surface area contributed by atoms with Gasteiger partial charge in [0.1, 0.15) is 5.82 Å². The summed E-state index contributed by atoms with van der Waals surface area (Å²) < 4.78 is 2.30. The van der Waals surface area contributed by atoms with E-state index < -0.39 is 0 Å². The zero-order valence-corrected chi connectivity index (χ0v) is 38.9. The molecule has 0 saturated carbocycles. The van der Waals surface area contributed by atoms with E-state index in [-0.39, 0.29) is 31.9 Å². The van der Waals surface area contributed by atoms with Crippen LogP contribution in [0.3, 0.4) is 0 Å². The van der Waals surface area contributed by atoms with Gasteiger partial charge in [-0.15, -0.1) is 47.0 Å². The van der Waals surface area contributed by atoms with Crippen molar-refractivity contribution < 1.29 is 21.1 Å². The zero-order chi connectivity index (χ0) is 42.6. The molecule has 2 aromatic heterocycles. The van der Waals surface area contributed by atoms with Crippen LogP contribution in [0.5, 0.6) is 0 Å². The molecular weight excluding hydrogens is 950 g/mol. The van der Waals surface area contributed by atoms with Crippen molar-refractivity contribution in [2.45, 2.75) is 58.9 Å². The minimum atomic E-state index is -0.0436. The first-order valence-electron chi connectivity index (χ1n) is 21.5. The Hall–Kier alpha value is -6.42. The van der Waals surface area contributed by atoms with Crippen LogP contribution in [0.25, 0.3) is 38.8 Å². The van der Waals surface area contributed by atoms with Gasteiger partial charge in [0, 0.05) is 56.4 Å². The monoisotopic (exact) mass is 999 g/mol. The minimum absolute atomic E-state index is 0. The van der Waals surface area contributed by atoms with Crippen molar-refractivity contribution in [3.8, 4) is 16.9 Å². The number of anilines is 6. The van der Waals surface area contributed by atoms with Gasteiger partial charge < -0.3 is 19.3 Å². The van der Waals surface area contributed by atoms with Crippen molar-refractivity contribution in [1.82, 2.24) is 9.55 Å². The predicted molar refractivity (Wildman–Crippen MR) is 259 cm³/mol. The molecule has 5 nitrogen and oxygen atoms in total. The normalized spacial score (nSPS) is 12.7. The number of rotatable bonds is 8. The first-order valence-corrected chi connectivity index (χ1v) is 21.5. The maximum absolute atomic E-state index is 5.02. The van der Waals surface area contributed by atoms with Crippen LogP contribution in [0.4, 0.5) is 34.1 Å². The van der Waals surface area contributed by atoms with E-state index in [1.54, 1.807) is 0 Å². The van der Waals surface area contributed by atoms with Gasteiger partial charge in [0.05, 0.1) is 0 Å². The van der Waals surface area contributed by atoms with Gasteiger partial charge in [-0.2, -0.15) is 12.7 Å². The van der Waals surface area contributed by atoms with Gasteiger partial charge in [-0.05, 0) is 80.9 Å². The molecule has 3 heterocycles. The summed E-state index contributed by atoms with van der Waals surface area (Å²) in [5.41, 5.74) is 14.0. The Bertz CT molecular complexity index is 3050. The van der Waals surface area contributed by atoms with Crippen molar-refractivity contribution >= 4 is 55.9 Å². The van der Waals surface area contributed by atoms with Crippen LogP contribution in [0, 0.1) is 18.8 Å². The standard InChI is InChI=1S/C57H50N5.Pt/c1-56(2,3)43-26-29-51-50(34-43)49-28-27-46(37-54(49)62(51)55-35-44(30-31-58-55)57(4,5)6)61(45-22-14-9-15-23-45)48-33-42(41-20-12-8-13-21-41)32-47(36-48)60-39-59(38-40-18-10-7-11-19-40)52-24-16-17-25-53(52)60;/h7-35,39H,38H2,1-6H3;/q-3;. The topological polar surface area (TPSA) is 27.5 Å². The second-order valence-corrected chi connectivity index (χ2v) is 18.3. The van der Waals surface area contributed by atoms with Crippen molar-refractivity contribution in [3.05, 3.63) is 212 Å². The van der Waals surface area contributed by atoms with Crippen LogP contribution < -0.4 is 14.7 Å². The fourth-order valence-electron chi connectivity index (χ4n) is 8.62. The third kappa shape index (κ3) is 8.07. The summed E-state index contributed by atoms with van der Waals surface area (Å²) in [7, 11) is 0. The molecule has 7 aromatic carbocycles. The van der Waals surface area contributed by atoms with Crippen LogP contribution in [0.2, 0.25) is 0 Å². The SMILES string of the molecule is CC(C)(C)c1ccnc(-n2c3[c-]c(N(c4[c-]c(N5[CH-]N(Cc6ccccc6)c6ccccc65)cc(-c5ccccc5)c4)c4ccccc4)ccc3c3cc(C(C)(C)C)ccc32)c1.[Pt]. The number of aromatic nitrogens is 2. The molecule has 1 aliphatic heterocycles. The zero-order valence-electron chi connectivity index (χ0n) is 36.6. The first kappa shape index (κ1) is 41.9. The van der Waals surface area contributed by atoms with Gasteiger partial charge in [-0.1, -0.05) is 162 Å². The average molecular weight is 1000 g/mol. The van der Waals surface area contributed by atoms with Gasteiger partial charge in [0.25, 0.3) is 0 Å². The molecule has 0 aliphatic carbocycles. The molecule has 0 bridgehead atoms. The molecule has 316 valence electrons. The van der Waals surface area contributed by atoms with E-state index >= 15 is 0 Å². The van der Waals surface area contributed by atoms with Crippen molar-refractivity contribution in [1.29, 1.82) is 0 Å². The number of benzene rings is 7. The summed E-state index contributed by atoms with van der Waals surface area (Å²) in [4.78, 5) is 11.9. The molecule has 9 aromatic rings. The quantitative estimate of drug-likeness (QED) is 0.142. The molecule has 0 radical (unpaired) electrons. The Morgan fingerprint density at radius 2 is 1.22 bits per heavy atom. The Morgan fingerprint density at radius 3 is 1.94 bits per heavy atom. The predicted octanol–water partition coefficient (Wildman–Crippen LogP) is 14.8. The molecule has 0 unspecified atom stereocenters. The van der Waals surface area contributed by atoms with Crippen LogP contribution >= 0.6 is 0 Å². The van der Waals surface area contributed by atoms with Gasteiger partial charge in [0.15, 0.2) is 0 Å². The second kappa shape index (κ2) is 16.7. The summed E-state index contributed by atoms with van der Waals surface area (Å²) in [6.07, 6.45) is 1.94. The first-order chi connectivity index (χ1) is 30.0. The Morgan fingerprint density at radius 1 is 0.571 bits per heavy atom. The minimum Gasteiger partial charge on any atom is -0.498 e. The molecular formula is C57H50N5Pt-3. The van der Waals surface area contributed by atoms with Crippen LogP contribution in [0.1, 0.15) is 58.2 Å². The van der Waals surface area contributed by atoms with E-state index in [2.05, 4.69) is 249 Å². The average Bonchev–Trinajstić information content (AvgIpc) is 3.82. The van der Waals surface area contributed by atoms with Gasteiger partial charge in [-0.3, -0.25) is 0 Å². The van der Waals surface area contributed by atoms with Crippen LogP contribution in [-0.2, 0) is 38.4 Å². The number of hydrogen-bond acceptors (Lipinski definition) is 4. The Kier molecular flexibility index (Phi) is 11.1. The van der Waals surface area contributed by atoms with Crippen molar-refractivity contribution in [2.24, 2.45) is 0 Å². The molecule has 63 heavy (non-hydrogen) atoms. The third-order valence-corrected chi connectivity index (χ3v) is 12.0. The molecule has 1 aliphatic rings. The maximum atomic E-state index is 5.02. The summed E-state index contributed by atoms with van der Waals surface area (Å²) in [5, 5.41) is 2.32. The van der Waals surface area contributed by atoms with Gasteiger partial charge in [-0.25, -0.2) is 4.98 Å². The number of pyridine rings is 1. The maximum Gasteiger partial charge on any atom is 0.135 e. The third-order valence-electron chi connectivity index (χ3n) is 12.0. The van der Waals surface area contributed by atoms with Gasteiger partial charge in [0.2, 0.25) is 0 Å². The smallest absolute Gasteiger partial charge is 0.135 e. The van der Waals surface area contributed by atoms with E-state index in [0.717, 1.165) is 74.0 Å². The van der Waals surface area contributed by atoms with E-state index in [1.165, 1.54) is 22.1 Å². The molecule has 6 heteroatoms.